The number of aromatic nitrogens is 4. The number of fused-ring (bicyclic) bond motifs is 1. The van der Waals surface area contributed by atoms with E-state index in [1.807, 2.05) is 7.05 Å². The molecule has 8 heteroatoms. The van der Waals surface area contributed by atoms with E-state index in [0.717, 1.165) is 16.6 Å². The fraction of sp³-hybridized carbons (Fsp3) is 0.389. The average Bonchev–Trinajstić information content (AvgIpc) is 2.93. The Kier molecular flexibility index (Phi) is 4.78. The van der Waals surface area contributed by atoms with Crippen LogP contribution in [0.3, 0.4) is 0 Å². The number of hydrogen-bond acceptors (Lipinski definition) is 6. The highest BCUT2D eigenvalue weighted by molar-refractivity contribution is 5.87. The van der Waals surface area contributed by atoms with Crippen molar-refractivity contribution in [2.24, 2.45) is 12.8 Å². The van der Waals surface area contributed by atoms with E-state index in [-0.39, 0.29) is 17.4 Å². The molecule has 0 radical (unpaired) electrons. The van der Waals surface area contributed by atoms with Crippen molar-refractivity contribution in [2.45, 2.75) is 32.4 Å². The summed E-state index contributed by atoms with van der Waals surface area (Å²) in [5.41, 5.74) is 7.60. The smallest absolute Gasteiger partial charge is 0.226 e. The van der Waals surface area contributed by atoms with Crippen molar-refractivity contribution < 1.29 is 4.39 Å². The van der Waals surface area contributed by atoms with Crippen LogP contribution in [0.5, 0.6) is 0 Å². The van der Waals surface area contributed by atoms with E-state index in [1.54, 1.807) is 23.0 Å². The monoisotopic (exact) mass is 357 g/mol. The van der Waals surface area contributed by atoms with E-state index in [1.165, 1.54) is 12.1 Å². The van der Waals surface area contributed by atoms with E-state index in [9.17, 15) is 4.39 Å². The summed E-state index contributed by atoms with van der Waals surface area (Å²) in [5, 5.41) is 11.7. The molecule has 2 heterocycles. The molecule has 0 fully saturated rings. The van der Waals surface area contributed by atoms with Gasteiger partial charge in [-0.3, -0.25) is 4.68 Å². The van der Waals surface area contributed by atoms with Crippen molar-refractivity contribution >= 4 is 22.8 Å². The van der Waals surface area contributed by atoms with Gasteiger partial charge in [0.2, 0.25) is 5.95 Å². The minimum absolute atomic E-state index is 0.154. The highest BCUT2D eigenvalue weighted by Gasteiger charge is 2.17. The first kappa shape index (κ1) is 18.1. The Labute approximate surface area is 151 Å². The minimum atomic E-state index is -0.305. The number of nitrogens with zero attached hydrogens (tertiary/aromatic N) is 4. The van der Waals surface area contributed by atoms with Gasteiger partial charge >= 0.3 is 0 Å². The minimum Gasteiger partial charge on any atom is -0.365 e. The van der Waals surface area contributed by atoms with Gasteiger partial charge in [0.1, 0.15) is 11.6 Å². The van der Waals surface area contributed by atoms with Crippen molar-refractivity contribution in [3.8, 4) is 0 Å². The molecule has 138 valence electrons. The number of hydrogen-bond donors (Lipinski definition) is 3. The molecule has 0 bridgehead atoms. The molecule has 0 saturated heterocycles. The van der Waals surface area contributed by atoms with E-state index >= 15 is 0 Å². The van der Waals surface area contributed by atoms with Crippen LogP contribution in [0.2, 0.25) is 0 Å². The van der Waals surface area contributed by atoms with E-state index in [4.69, 9.17) is 5.73 Å². The maximum Gasteiger partial charge on any atom is 0.226 e. The SMILES string of the molecule is Cn1ncc2c(NC(C)(C)C)nc(NCC(N)c3ccc(F)cc3)nc21. The van der Waals surface area contributed by atoms with Gasteiger partial charge in [-0.1, -0.05) is 12.1 Å². The van der Waals surface area contributed by atoms with Gasteiger partial charge in [-0.05, 0) is 38.5 Å². The van der Waals surface area contributed by atoms with E-state index in [0.29, 0.717) is 18.3 Å². The van der Waals surface area contributed by atoms with Gasteiger partial charge in [0, 0.05) is 25.2 Å². The molecular weight excluding hydrogens is 333 g/mol. The topological polar surface area (TPSA) is 93.7 Å². The third-order valence-electron chi connectivity index (χ3n) is 3.86. The molecule has 0 saturated carbocycles. The average molecular weight is 357 g/mol. The molecule has 4 N–H and O–H groups in total. The first-order valence-electron chi connectivity index (χ1n) is 8.46. The van der Waals surface area contributed by atoms with Crippen LogP contribution in [0.15, 0.2) is 30.5 Å². The maximum atomic E-state index is 13.0. The van der Waals surface area contributed by atoms with Crippen LogP contribution in [0.4, 0.5) is 16.2 Å². The van der Waals surface area contributed by atoms with Gasteiger partial charge in [-0.15, -0.1) is 0 Å². The van der Waals surface area contributed by atoms with Crippen molar-refractivity contribution in [1.29, 1.82) is 0 Å². The second-order valence-corrected chi connectivity index (χ2v) is 7.32. The van der Waals surface area contributed by atoms with Crippen LogP contribution >= 0.6 is 0 Å². The highest BCUT2D eigenvalue weighted by atomic mass is 19.1. The summed E-state index contributed by atoms with van der Waals surface area (Å²) < 4.78 is 14.7. The Morgan fingerprint density at radius 3 is 2.54 bits per heavy atom. The Balaban J connectivity index is 1.83. The Morgan fingerprint density at radius 1 is 1.19 bits per heavy atom. The zero-order chi connectivity index (χ0) is 18.9. The van der Waals surface area contributed by atoms with Crippen molar-refractivity contribution in [3.05, 3.63) is 41.8 Å². The lowest BCUT2D eigenvalue weighted by atomic mass is 10.1. The molecule has 7 nitrogen and oxygen atoms in total. The molecule has 0 aliphatic heterocycles. The molecule has 0 aliphatic rings. The number of nitrogens with two attached hydrogens (primary N) is 1. The Hall–Kier alpha value is -2.74. The van der Waals surface area contributed by atoms with Gasteiger partial charge in [0.15, 0.2) is 5.65 Å². The number of rotatable bonds is 5. The van der Waals surface area contributed by atoms with Crippen LogP contribution in [-0.2, 0) is 7.05 Å². The van der Waals surface area contributed by atoms with E-state index in [2.05, 4.69) is 46.5 Å². The van der Waals surface area contributed by atoms with Crippen molar-refractivity contribution in [3.63, 3.8) is 0 Å². The van der Waals surface area contributed by atoms with Gasteiger partial charge < -0.3 is 16.4 Å². The summed E-state index contributed by atoms with van der Waals surface area (Å²) in [4.78, 5) is 9.10. The molecule has 1 atom stereocenters. The largest absolute Gasteiger partial charge is 0.365 e. The zero-order valence-electron chi connectivity index (χ0n) is 15.4. The predicted molar refractivity (Wildman–Crippen MR) is 101 cm³/mol. The number of nitrogens with one attached hydrogen (secondary N) is 2. The fourth-order valence-electron chi connectivity index (χ4n) is 2.58. The molecule has 0 aliphatic carbocycles. The lowest BCUT2D eigenvalue weighted by Gasteiger charge is -2.22. The number of anilines is 2. The van der Waals surface area contributed by atoms with E-state index < -0.39 is 0 Å². The molecular formula is C18H24FN7. The Morgan fingerprint density at radius 2 is 1.88 bits per heavy atom. The number of halogens is 1. The quantitative estimate of drug-likeness (QED) is 0.650. The normalized spacial score (nSPS) is 13.0. The van der Waals surface area contributed by atoms with Crippen LogP contribution in [0.1, 0.15) is 32.4 Å². The van der Waals surface area contributed by atoms with Gasteiger partial charge in [0.05, 0.1) is 11.6 Å². The maximum absolute atomic E-state index is 13.0. The molecule has 3 aromatic rings. The number of benzene rings is 1. The summed E-state index contributed by atoms with van der Waals surface area (Å²) in [6, 6.07) is 5.86. The van der Waals surface area contributed by atoms with Gasteiger partial charge in [0.25, 0.3) is 0 Å². The second kappa shape index (κ2) is 6.87. The third-order valence-corrected chi connectivity index (χ3v) is 3.86. The predicted octanol–water partition coefficient (Wildman–Crippen LogP) is 2.82. The standard InChI is InChI=1S/C18H24FN7/c1-18(2,3)25-15-13-9-22-26(4)16(13)24-17(23-15)21-10-14(20)11-5-7-12(19)8-6-11/h5-9,14H,10,20H2,1-4H3,(H2,21,23,24,25). The molecule has 0 spiro atoms. The summed E-state index contributed by atoms with van der Waals surface area (Å²) in [7, 11) is 1.84. The first-order chi connectivity index (χ1) is 12.2. The lowest BCUT2D eigenvalue weighted by molar-refractivity contribution is 0.625. The highest BCUT2D eigenvalue weighted by Crippen LogP contribution is 2.24. The molecule has 0 amide bonds. The fourth-order valence-corrected chi connectivity index (χ4v) is 2.58. The molecule has 3 rings (SSSR count). The summed E-state index contributed by atoms with van der Waals surface area (Å²) in [5.74, 6) is 0.899. The van der Waals surface area contributed by atoms with Gasteiger partial charge in [-0.2, -0.15) is 15.1 Å². The molecule has 26 heavy (non-hydrogen) atoms. The van der Waals surface area contributed by atoms with Crippen molar-refractivity contribution in [2.75, 3.05) is 17.2 Å². The summed E-state index contributed by atoms with van der Waals surface area (Å²) in [6.07, 6.45) is 1.75. The van der Waals surface area contributed by atoms with Gasteiger partial charge in [-0.25, -0.2) is 4.39 Å². The zero-order valence-corrected chi connectivity index (χ0v) is 15.4. The van der Waals surface area contributed by atoms with Crippen LogP contribution < -0.4 is 16.4 Å². The third kappa shape index (κ3) is 4.08. The Bertz CT molecular complexity index is 896. The van der Waals surface area contributed by atoms with Crippen LogP contribution in [0, 0.1) is 5.82 Å². The van der Waals surface area contributed by atoms with Crippen LogP contribution in [0.25, 0.3) is 11.0 Å². The summed E-state index contributed by atoms with van der Waals surface area (Å²) in [6.45, 7) is 6.61. The molecule has 1 unspecified atom stereocenters. The second-order valence-electron chi connectivity index (χ2n) is 7.32. The first-order valence-corrected chi connectivity index (χ1v) is 8.46. The number of aryl methyl sites for hydroxylation is 1. The lowest BCUT2D eigenvalue weighted by Crippen LogP contribution is -2.27. The molecule has 1 aromatic carbocycles. The summed E-state index contributed by atoms with van der Waals surface area (Å²) >= 11 is 0. The van der Waals surface area contributed by atoms with Crippen LogP contribution in [-0.4, -0.2) is 31.8 Å². The van der Waals surface area contributed by atoms with Crippen molar-refractivity contribution in [1.82, 2.24) is 19.7 Å². The molecule has 2 aromatic heterocycles.